The molecule has 1 amide bonds. The van der Waals surface area contributed by atoms with Crippen LogP contribution in [0.5, 0.6) is 0 Å². The summed E-state index contributed by atoms with van der Waals surface area (Å²) in [5, 5.41) is 9.32. The van der Waals surface area contributed by atoms with Crippen LogP contribution >= 0.6 is 7.82 Å². The number of likely N-dealkylation sites (N-methyl/N-ethyl adjacent to an activating group) is 1. The van der Waals surface area contributed by atoms with Crippen molar-refractivity contribution in [1.29, 1.82) is 5.41 Å². The van der Waals surface area contributed by atoms with Crippen molar-refractivity contribution in [3.63, 3.8) is 0 Å². The monoisotopic (exact) mass is 249 g/mol. The predicted molar refractivity (Wildman–Crippen MR) is 44.1 cm³/mol. The van der Waals surface area contributed by atoms with Gasteiger partial charge in [0.2, 0.25) is 5.91 Å². The molecule has 0 atom stereocenters. The molecule has 0 aromatic carbocycles. The molecule has 1 fully saturated rings. The summed E-state index contributed by atoms with van der Waals surface area (Å²) in [6.07, 6.45) is 0. The van der Waals surface area contributed by atoms with Gasteiger partial charge in [-0.25, -0.2) is 0 Å². The summed E-state index contributed by atoms with van der Waals surface area (Å²) in [5.41, 5.74) is 0. The molecule has 1 rings (SSSR count). The van der Waals surface area contributed by atoms with Gasteiger partial charge in [0.15, 0.2) is 5.96 Å². The van der Waals surface area contributed by atoms with Gasteiger partial charge < -0.3 is 24.1 Å². The van der Waals surface area contributed by atoms with Crippen LogP contribution in [-0.4, -0.2) is 73.0 Å². The molecule has 0 aromatic rings. The Morgan fingerprint density at radius 3 is 2.07 bits per heavy atom. The van der Waals surface area contributed by atoms with Gasteiger partial charge in [0.25, 0.3) is 0 Å². The van der Waals surface area contributed by atoms with Crippen LogP contribution in [-0.2, 0) is 9.36 Å². The Morgan fingerprint density at radius 2 is 2.00 bits per heavy atom. The van der Waals surface area contributed by atoms with E-state index in [1.165, 1.54) is 0 Å². The number of guanidine groups is 1. The Hall–Kier alpha value is 0.310. The number of nitrogens with one attached hydrogen (secondary N) is 2. The summed E-state index contributed by atoms with van der Waals surface area (Å²) in [6, 6.07) is 0. The SMILES string of the molecule is CN1CC(=O)NC1=N.O=P([O-])([O-])O.[Ca+2]. The van der Waals surface area contributed by atoms with Crippen LogP contribution in [0.15, 0.2) is 0 Å². The first kappa shape index (κ1) is 16.7. The summed E-state index contributed by atoms with van der Waals surface area (Å²) < 4.78 is 8.66. The zero-order valence-corrected chi connectivity index (χ0v) is 10.5. The standard InChI is InChI=1S/C4H7N3O.Ca.H3O4P/c1-7-2-3(8)6-4(7)5;;1-5(2,3)4/h2H2,1H3,(H2,5,6,8);;(H3,1,2,3,4)/q;+2;/p-2. The summed E-state index contributed by atoms with van der Waals surface area (Å²) in [5.74, 6) is 0.0903. The van der Waals surface area contributed by atoms with Crippen molar-refractivity contribution >= 4 is 57.4 Å². The molecular formula is C4H8CaN3O5P. The number of rotatable bonds is 0. The molecule has 1 saturated heterocycles. The average Bonchev–Trinajstić information content (AvgIpc) is 2.05. The van der Waals surface area contributed by atoms with Crippen LogP contribution in [0.4, 0.5) is 0 Å². The minimum atomic E-state index is -5.14. The van der Waals surface area contributed by atoms with E-state index in [4.69, 9.17) is 24.7 Å². The van der Waals surface area contributed by atoms with Crippen molar-refractivity contribution in [2.75, 3.05) is 13.6 Å². The van der Waals surface area contributed by atoms with Crippen LogP contribution in [0, 0.1) is 5.41 Å². The molecule has 0 radical (unpaired) electrons. The fourth-order valence-corrected chi connectivity index (χ4v) is 0.561. The molecule has 76 valence electrons. The molecule has 0 bridgehead atoms. The summed E-state index contributed by atoms with van der Waals surface area (Å²) in [7, 11) is -3.44. The zero-order chi connectivity index (χ0) is 10.6. The van der Waals surface area contributed by atoms with E-state index in [1.54, 1.807) is 11.9 Å². The second-order valence-electron chi connectivity index (χ2n) is 2.22. The van der Waals surface area contributed by atoms with Crippen LogP contribution in [0.3, 0.4) is 0 Å². The minimum absolute atomic E-state index is 0. The van der Waals surface area contributed by atoms with Crippen molar-refractivity contribution < 1.29 is 24.0 Å². The third-order valence-corrected chi connectivity index (χ3v) is 1.02. The van der Waals surface area contributed by atoms with Gasteiger partial charge in [-0.3, -0.25) is 15.5 Å². The average molecular weight is 249 g/mol. The molecular weight excluding hydrogens is 241 g/mol. The zero-order valence-electron chi connectivity index (χ0n) is 7.39. The minimum Gasteiger partial charge on any atom is -0.790 e. The van der Waals surface area contributed by atoms with Crippen LogP contribution in [0.25, 0.3) is 0 Å². The fraction of sp³-hybridized carbons (Fsp3) is 0.500. The molecule has 1 aliphatic rings. The van der Waals surface area contributed by atoms with Crippen molar-refractivity contribution in [2.45, 2.75) is 0 Å². The van der Waals surface area contributed by atoms with Gasteiger partial charge in [-0.2, -0.15) is 0 Å². The van der Waals surface area contributed by atoms with E-state index in [0.717, 1.165) is 0 Å². The van der Waals surface area contributed by atoms with Crippen LogP contribution in [0.1, 0.15) is 0 Å². The van der Waals surface area contributed by atoms with Gasteiger partial charge in [0.1, 0.15) is 0 Å². The van der Waals surface area contributed by atoms with E-state index in [0.29, 0.717) is 6.54 Å². The topological polar surface area (TPSA) is 140 Å². The molecule has 14 heavy (non-hydrogen) atoms. The molecule has 8 nitrogen and oxygen atoms in total. The second-order valence-corrected chi connectivity index (χ2v) is 3.16. The van der Waals surface area contributed by atoms with Gasteiger partial charge in [0.05, 0.1) is 14.4 Å². The number of carbonyl (C=O) groups is 1. The summed E-state index contributed by atoms with van der Waals surface area (Å²) in [4.78, 5) is 36.2. The number of amides is 1. The maximum Gasteiger partial charge on any atom is 2.00 e. The fourth-order valence-electron chi connectivity index (χ4n) is 0.561. The second kappa shape index (κ2) is 6.73. The van der Waals surface area contributed by atoms with Crippen molar-refractivity contribution in [1.82, 2.24) is 10.2 Å². The Bertz CT molecular complexity index is 257. The molecule has 0 aromatic heterocycles. The van der Waals surface area contributed by atoms with Crippen LogP contribution in [0.2, 0.25) is 0 Å². The van der Waals surface area contributed by atoms with E-state index < -0.39 is 7.82 Å². The number of hydrogen-bond acceptors (Lipinski definition) is 5. The first-order chi connectivity index (χ1) is 5.70. The van der Waals surface area contributed by atoms with Gasteiger partial charge >= 0.3 is 37.7 Å². The smallest absolute Gasteiger partial charge is 0.790 e. The molecule has 0 aliphatic carbocycles. The predicted octanol–water partition coefficient (Wildman–Crippen LogP) is -3.59. The quantitative estimate of drug-likeness (QED) is 0.299. The van der Waals surface area contributed by atoms with E-state index in [-0.39, 0.29) is 49.6 Å². The van der Waals surface area contributed by atoms with Gasteiger partial charge in [-0.1, -0.05) is 0 Å². The van der Waals surface area contributed by atoms with Crippen molar-refractivity contribution in [3.8, 4) is 0 Å². The Labute approximate surface area is 110 Å². The van der Waals surface area contributed by atoms with Gasteiger partial charge in [-0.05, 0) is 0 Å². The maximum atomic E-state index is 10.4. The van der Waals surface area contributed by atoms with Gasteiger partial charge in [-0.15, -0.1) is 0 Å². The molecule has 3 N–H and O–H groups in total. The first-order valence-electron chi connectivity index (χ1n) is 3.04. The van der Waals surface area contributed by atoms with Crippen molar-refractivity contribution in [3.05, 3.63) is 0 Å². The Kier molecular flexibility index (Phi) is 8.04. The Morgan fingerprint density at radius 1 is 1.64 bits per heavy atom. The third kappa shape index (κ3) is 10.4. The summed E-state index contributed by atoms with van der Waals surface area (Å²) >= 11 is 0. The van der Waals surface area contributed by atoms with E-state index in [1.807, 2.05) is 0 Å². The maximum absolute atomic E-state index is 10.4. The largest absolute Gasteiger partial charge is 2.00 e. The molecule has 1 heterocycles. The number of hydrogen-bond donors (Lipinski definition) is 3. The number of carbonyl (C=O) groups excluding carboxylic acids is 1. The molecule has 0 saturated carbocycles. The van der Waals surface area contributed by atoms with E-state index in [2.05, 4.69) is 5.32 Å². The Balaban J connectivity index is 0. The number of nitrogens with zero attached hydrogens (tertiary/aromatic N) is 1. The summed E-state index contributed by atoms with van der Waals surface area (Å²) in [6.45, 7) is 0.318. The normalized spacial score (nSPS) is 15.3. The van der Waals surface area contributed by atoms with Crippen molar-refractivity contribution in [2.24, 2.45) is 0 Å². The van der Waals surface area contributed by atoms with E-state index in [9.17, 15) is 4.79 Å². The molecule has 0 spiro atoms. The number of phosphoric acid groups is 1. The third-order valence-electron chi connectivity index (χ3n) is 1.02. The molecule has 10 heteroatoms. The molecule has 0 unspecified atom stereocenters. The van der Waals surface area contributed by atoms with Gasteiger partial charge in [0, 0.05) is 7.05 Å². The molecule has 1 aliphatic heterocycles. The first-order valence-corrected chi connectivity index (χ1v) is 4.54. The van der Waals surface area contributed by atoms with E-state index >= 15 is 0 Å². The van der Waals surface area contributed by atoms with Crippen LogP contribution < -0.4 is 15.1 Å².